The monoisotopic (exact) mass is 278 g/mol. The summed E-state index contributed by atoms with van der Waals surface area (Å²) in [6.07, 6.45) is -2.18. The van der Waals surface area contributed by atoms with Crippen LogP contribution < -0.4 is 4.74 Å². The van der Waals surface area contributed by atoms with Crippen LogP contribution in [-0.2, 0) is 4.79 Å². The maximum Gasteiger partial charge on any atom is 0.343 e. The number of carboxylic acid groups (broad SMARTS) is 1. The zero-order valence-electron chi connectivity index (χ0n) is 7.70. The third-order valence-corrected chi connectivity index (χ3v) is 2.47. The maximum absolute atomic E-state index is 13.2. The van der Waals surface area contributed by atoms with Crippen LogP contribution in [-0.4, -0.2) is 23.3 Å². The molecule has 0 heterocycles. The molecule has 1 aromatic rings. The first-order valence-corrected chi connectivity index (χ1v) is 4.70. The second-order valence-electron chi connectivity index (χ2n) is 2.75. The van der Waals surface area contributed by atoms with Crippen molar-refractivity contribution in [2.75, 3.05) is 7.11 Å². The third kappa shape index (κ3) is 2.38. The predicted molar refractivity (Wildman–Crippen MR) is 53.8 cm³/mol. The molecule has 0 aliphatic rings. The molecule has 15 heavy (non-hydrogen) atoms. The Labute approximate surface area is 93.4 Å². The second-order valence-corrected chi connectivity index (χ2v) is 3.60. The molecule has 0 saturated carbocycles. The van der Waals surface area contributed by atoms with Gasteiger partial charge in [-0.2, -0.15) is 0 Å². The van der Waals surface area contributed by atoms with Gasteiger partial charge in [0.15, 0.2) is 11.5 Å². The summed E-state index contributed by atoms with van der Waals surface area (Å²) in [5, 5.41) is 17.8. The number of aromatic hydroxyl groups is 1. The van der Waals surface area contributed by atoms with Crippen LogP contribution in [0.5, 0.6) is 11.5 Å². The lowest BCUT2D eigenvalue weighted by molar-refractivity contribution is -0.143. The van der Waals surface area contributed by atoms with Crippen molar-refractivity contribution in [1.29, 1.82) is 0 Å². The highest BCUT2D eigenvalue weighted by molar-refractivity contribution is 9.10. The van der Waals surface area contributed by atoms with Gasteiger partial charge in [-0.15, -0.1) is 0 Å². The molecule has 0 amide bonds. The van der Waals surface area contributed by atoms with E-state index in [4.69, 9.17) is 9.84 Å². The van der Waals surface area contributed by atoms with E-state index >= 15 is 0 Å². The Bertz CT molecular complexity index is 394. The summed E-state index contributed by atoms with van der Waals surface area (Å²) < 4.78 is 18.2. The number of rotatable bonds is 3. The summed E-state index contributed by atoms with van der Waals surface area (Å²) in [4.78, 5) is 10.4. The first-order valence-electron chi connectivity index (χ1n) is 3.90. The van der Waals surface area contributed by atoms with Crippen molar-refractivity contribution in [2.24, 2.45) is 0 Å². The Balaban J connectivity index is 3.21. The summed E-state index contributed by atoms with van der Waals surface area (Å²) in [5.41, 5.74) is -0.152. The van der Waals surface area contributed by atoms with Crippen LogP contribution >= 0.6 is 15.9 Å². The Morgan fingerprint density at radius 3 is 2.67 bits per heavy atom. The van der Waals surface area contributed by atoms with Crippen molar-refractivity contribution >= 4 is 21.9 Å². The first kappa shape index (κ1) is 11.8. The predicted octanol–water partition coefficient (Wildman–Crippen LogP) is 2.26. The van der Waals surface area contributed by atoms with Gasteiger partial charge in [-0.05, 0) is 12.1 Å². The highest BCUT2D eigenvalue weighted by Gasteiger charge is 2.23. The molecule has 1 rings (SSSR count). The largest absolute Gasteiger partial charge is 0.504 e. The highest BCUT2D eigenvalue weighted by Crippen LogP contribution is 2.36. The molecule has 0 fully saturated rings. The Morgan fingerprint density at radius 2 is 2.20 bits per heavy atom. The van der Waals surface area contributed by atoms with Gasteiger partial charge in [-0.25, -0.2) is 9.18 Å². The normalized spacial score (nSPS) is 12.2. The van der Waals surface area contributed by atoms with E-state index in [0.717, 1.165) is 6.07 Å². The number of hydrogen-bond acceptors (Lipinski definition) is 3. The van der Waals surface area contributed by atoms with Crippen molar-refractivity contribution in [3.63, 3.8) is 0 Å². The summed E-state index contributed by atoms with van der Waals surface area (Å²) in [7, 11) is 1.34. The molecule has 6 heteroatoms. The summed E-state index contributed by atoms with van der Waals surface area (Å²) in [6, 6.07) is 2.32. The van der Waals surface area contributed by atoms with Crippen LogP contribution in [0.4, 0.5) is 4.39 Å². The van der Waals surface area contributed by atoms with Crippen molar-refractivity contribution in [3.05, 3.63) is 22.2 Å². The van der Waals surface area contributed by atoms with E-state index in [9.17, 15) is 14.3 Å². The minimum Gasteiger partial charge on any atom is -0.504 e. The quantitative estimate of drug-likeness (QED) is 0.890. The van der Waals surface area contributed by atoms with Gasteiger partial charge in [0.1, 0.15) is 0 Å². The van der Waals surface area contributed by atoms with E-state index in [0.29, 0.717) is 0 Å². The minimum absolute atomic E-state index is 0.142. The Kier molecular flexibility index (Phi) is 3.52. The molecule has 1 unspecified atom stereocenters. The number of halogens is 2. The number of aliphatic carboxylic acids is 1. The lowest BCUT2D eigenvalue weighted by atomic mass is 10.1. The molecule has 0 aromatic heterocycles. The standard InChI is InChI=1S/C9H8BrFO4/c1-15-7-3-5(10)4(2-6(7)12)8(11)9(13)14/h2-3,8,12H,1H3,(H,13,14). The van der Waals surface area contributed by atoms with Gasteiger partial charge in [-0.3, -0.25) is 0 Å². The van der Waals surface area contributed by atoms with E-state index in [1.807, 2.05) is 0 Å². The van der Waals surface area contributed by atoms with E-state index in [-0.39, 0.29) is 21.5 Å². The van der Waals surface area contributed by atoms with Crippen LogP contribution in [0.2, 0.25) is 0 Å². The number of carboxylic acids is 1. The smallest absolute Gasteiger partial charge is 0.343 e. The van der Waals surface area contributed by atoms with Gasteiger partial charge in [0.2, 0.25) is 6.17 Å². The molecule has 4 nitrogen and oxygen atoms in total. The molecule has 0 saturated heterocycles. The van der Waals surface area contributed by atoms with Crippen LogP contribution in [0.1, 0.15) is 11.7 Å². The van der Waals surface area contributed by atoms with Crippen LogP contribution in [0.15, 0.2) is 16.6 Å². The second kappa shape index (κ2) is 4.48. The zero-order chi connectivity index (χ0) is 11.6. The SMILES string of the molecule is COc1cc(Br)c(C(F)C(=O)O)cc1O. The molecule has 0 radical (unpaired) electrons. The zero-order valence-corrected chi connectivity index (χ0v) is 9.28. The topological polar surface area (TPSA) is 66.8 Å². The number of ether oxygens (including phenoxy) is 1. The van der Waals surface area contributed by atoms with Gasteiger partial charge in [0, 0.05) is 10.0 Å². The molecular formula is C9H8BrFO4. The van der Waals surface area contributed by atoms with Crippen LogP contribution in [0.25, 0.3) is 0 Å². The lowest BCUT2D eigenvalue weighted by Gasteiger charge is -2.09. The summed E-state index contributed by atoms with van der Waals surface area (Å²) >= 11 is 3.00. The van der Waals surface area contributed by atoms with Crippen molar-refractivity contribution in [1.82, 2.24) is 0 Å². The summed E-state index contributed by atoms with van der Waals surface area (Å²) in [5.74, 6) is -1.77. The molecule has 0 spiro atoms. The van der Waals surface area contributed by atoms with Crippen LogP contribution in [0.3, 0.4) is 0 Å². The Morgan fingerprint density at radius 1 is 1.60 bits per heavy atom. The fraction of sp³-hybridized carbons (Fsp3) is 0.222. The van der Waals surface area contributed by atoms with E-state index in [1.54, 1.807) is 0 Å². The number of carbonyl (C=O) groups is 1. The van der Waals surface area contributed by atoms with Crippen molar-refractivity contribution < 1.29 is 24.1 Å². The number of alkyl halides is 1. The van der Waals surface area contributed by atoms with Crippen molar-refractivity contribution in [3.8, 4) is 11.5 Å². The molecule has 1 aromatic carbocycles. The Hall–Kier alpha value is -1.30. The molecule has 82 valence electrons. The number of benzene rings is 1. The molecule has 0 aliphatic carbocycles. The third-order valence-electron chi connectivity index (χ3n) is 1.79. The molecule has 0 aliphatic heterocycles. The molecule has 1 atom stereocenters. The fourth-order valence-corrected chi connectivity index (χ4v) is 1.57. The highest BCUT2D eigenvalue weighted by atomic mass is 79.9. The van der Waals surface area contributed by atoms with E-state index in [2.05, 4.69) is 15.9 Å². The van der Waals surface area contributed by atoms with Gasteiger partial charge < -0.3 is 14.9 Å². The first-order chi connectivity index (χ1) is 6.97. The average Bonchev–Trinajstić information content (AvgIpc) is 2.19. The van der Waals surface area contributed by atoms with E-state index in [1.165, 1.54) is 13.2 Å². The van der Waals surface area contributed by atoms with E-state index < -0.39 is 12.1 Å². The van der Waals surface area contributed by atoms with Gasteiger partial charge in [-0.1, -0.05) is 15.9 Å². The number of phenolic OH excluding ortho intramolecular Hbond substituents is 1. The maximum atomic E-state index is 13.2. The molecular weight excluding hydrogens is 271 g/mol. The van der Waals surface area contributed by atoms with Crippen molar-refractivity contribution in [2.45, 2.75) is 6.17 Å². The number of methoxy groups -OCH3 is 1. The van der Waals surface area contributed by atoms with Gasteiger partial charge >= 0.3 is 5.97 Å². The average molecular weight is 279 g/mol. The number of phenols is 1. The minimum atomic E-state index is -2.18. The number of hydrogen-bond donors (Lipinski definition) is 2. The molecule has 2 N–H and O–H groups in total. The van der Waals surface area contributed by atoms with Gasteiger partial charge in [0.25, 0.3) is 0 Å². The van der Waals surface area contributed by atoms with Crippen LogP contribution in [0, 0.1) is 0 Å². The summed E-state index contributed by atoms with van der Waals surface area (Å²) in [6.45, 7) is 0. The lowest BCUT2D eigenvalue weighted by Crippen LogP contribution is -2.06. The molecule has 0 bridgehead atoms. The van der Waals surface area contributed by atoms with Gasteiger partial charge in [0.05, 0.1) is 7.11 Å². The fourth-order valence-electron chi connectivity index (χ4n) is 1.05.